The van der Waals surface area contributed by atoms with E-state index < -0.39 is 0 Å². The Balaban J connectivity index is 2.17. The Morgan fingerprint density at radius 2 is 2.26 bits per heavy atom. The molecule has 0 saturated heterocycles. The zero-order valence-electron chi connectivity index (χ0n) is 11.2. The van der Waals surface area contributed by atoms with Gasteiger partial charge in [0.15, 0.2) is 0 Å². The number of carbonyl (C=O) groups excluding carboxylic acids is 1. The van der Waals surface area contributed by atoms with E-state index >= 15 is 0 Å². The van der Waals surface area contributed by atoms with Gasteiger partial charge in [-0.1, -0.05) is 6.92 Å². The summed E-state index contributed by atoms with van der Waals surface area (Å²) in [6.45, 7) is 2.08. The molecule has 4 N–H and O–H groups in total. The van der Waals surface area contributed by atoms with Gasteiger partial charge in [-0.3, -0.25) is 4.79 Å². The molecule has 1 heterocycles. The van der Waals surface area contributed by atoms with Crippen LogP contribution in [-0.4, -0.2) is 28.9 Å². The molecule has 19 heavy (non-hydrogen) atoms. The van der Waals surface area contributed by atoms with Crippen LogP contribution in [0.5, 0.6) is 0 Å². The lowest BCUT2D eigenvalue weighted by Gasteiger charge is -2.14. The van der Waals surface area contributed by atoms with Crippen LogP contribution in [0, 0.1) is 0 Å². The highest BCUT2D eigenvalue weighted by atomic mass is 32.2. The lowest BCUT2D eigenvalue weighted by Crippen LogP contribution is -2.36. The van der Waals surface area contributed by atoms with E-state index in [1.165, 1.54) is 0 Å². The van der Waals surface area contributed by atoms with E-state index in [9.17, 15) is 4.79 Å². The fourth-order valence-electron chi connectivity index (χ4n) is 2.00. The van der Waals surface area contributed by atoms with E-state index in [1.54, 1.807) is 11.8 Å². The van der Waals surface area contributed by atoms with Crippen molar-refractivity contribution in [1.29, 1.82) is 0 Å². The summed E-state index contributed by atoms with van der Waals surface area (Å²) in [6, 6.07) is 7.62. The number of amides is 1. The van der Waals surface area contributed by atoms with Crippen molar-refractivity contribution in [3.05, 3.63) is 30.0 Å². The van der Waals surface area contributed by atoms with Crippen LogP contribution in [0.25, 0.3) is 10.9 Å². The van der Waals surface area contributed by atoms with Gasteiger partial charge in [0.2, 0.25) is 0 Å². The first kappa shape index (κ1) is 13.8. The van der Waals surface area contributed by atoms with Crippen LogP contribution < -0.4 is 11.1 Å². The maximum Gasteiger partial charge on any atom is 0.267 e. The average Bonchev–Trinajstić information content (AvgIpc) is 2.81. The molecule has 0 radical (unpaired) electrons. The lowest BCUT2D eigenvalue weighted by atomic mass is 10.2. The standard InChI is InChI=1S/C14H19N3OS/c1-3-11(8-19-2)16-14(18)13-7-9-6-10(15)4-5-12(9)17-13/h4-7,11,17H,3,8,15H2,1-2H3,(H,16,18). The normalized spacial score (nSPS) is 12.5. The van der Waals surface area contributed by atoms with Crippen LogP contribution in [0.1, 0.15) is 23.8 Å². The van der Waals surface area contributed by atoms with Gasteiger partial charge < -0.3 is 16.0 Å². The molecule has 0 fully saturated rings. The second-order valence-corrected chi connectivity index (χ2v) is 5.47. The smallest absolute Gasteiger partial charge is 0.267 e. The quantitative estimate of drug-likeness (QED) is 0.736. The molecule has 2 rings (SSSR count). The van der Waals surface area contributed by atoms with Crippen molar-refractivity contribution >= 4 is 34.3 Å². The van der Waals surface area contributed by atoms with Gasteiger partial charge in [-0.05, 0) is 36.9 Å². The van der Waals surface area contributed by atoms with Gasteiger partial charge >= 0.3 is 0 Å². The number of fused-ring (bicyclic) bond motifs is 1. The zero-order chi connectivity index (χ0) is 13.8. The van der Waals surface area contributed by atoms with Crippen molar-refractivity contribution < 1.29 is 4.79 Å². The largest absolute Gasteiger partial charge is 0.399 e. The highest BCUT2D eigenvalue weighted by Crippen LogP contribution is 2.18. The van der Waals surface area contributed by atoms with Gasteiger partial charge in [-0.2, -0.15) is 11.8 Å². The molecule has 0 aliphatic heterocycles. The van der Waals surface area contributed by atoms with Crippen molar-refractivity contribution in [2.45, 2.75) is 19.4 Å². The minimum Gasteiger partial charge on any atom is -0.399 e. The van der Waals surface area contributed by atoms with E-state index in [-0.39, 0.29) is 11.9 Å². The molecule has 0 bridgehead atoms. The Morgan fingerprint density at radius 1 is 1.47 bits per heavy atom. The summed E-state index contributed by atoms with van der Waals surface area (Å²) in [6.07, 6.45) is 2.97. The fraction of sp³-hybridized carbons (Fsp3) is 0.357. The third-order valence-corrected chi connectivity index (χ3v) is 3.82. The number of hydrogen-bond donors (Lipinski definition) is 3. The molecule has 0 saturated carbocycles. The molecule has 0 aliphatic rings. The second-order valence-electron chi connectivity index (χ2n) is 4.56. The van der Waals surface area contributed by atoms with E-state index in [2.05, 4.69) is 17.2 Å². The first-order valence-electron chi connectivity index (χ1n) is 6.32. The molecule has 0 spiro atoms. The van der Waals surface area contributed by atoms with Crippen molar-refractivity contribution in [3.8, 4) is 0 Å². The number of nitrogens with one attached hydrogen (secondary N) is 2. The molecule has 4 nitrogen and oxygen atoms in total. The van der Waals surface area contributed by atoms with Gasteiger partial charge in [0.1, 0.15) is 5.69 Å². The Labute approximate surface area is 117 Å². The predicted octanol–water partition coefficient (Wildman–Crippen LogP) is 2.62. The molecule has 102 valence electrons. The Kier molecular flexibility index (Phi) is 4.37. The maximum absolute atomic E-state index is 12.2. The van der Waals surface area contributed by atoms with Crippen LogP contribution in [0.2, 0.25) is 0 Å². The van der Waals surface area contributed by atoms with Crippen molar-refractivity contribution in [2.75, 3.05) is 17.7 Å². The average molecular weight is 277 g/mol. The zero-order valence-corrected chi connectivity index (χ0v) is 12.0. The highest BCUT2D eigenvalue weighted by molar-refractivity contribution is 7.98. The predicted molar refractivity (Wildman–Crippen MR) is 82.6 cm³/mol. The number of anilines is 1. The number of hydrogen-bond acceptors (Lipinski definition) is 3. The summed E-state index contributed by atoms with van der Waals surface area (Å²) < 4.78 is 0. The summed E-state index contributed by atoms with van der Waals surface area (Å²) >= 11 is 1.74. The Bertz CT molecular complexity index is 579. The number of nitrogen functional groups attached to an aromatic ring is 1. The van der Waals surface area contributed by atoms with Crippen LogP contribution in [0.4, 0.5) is 5.69 Å². The van der Waals surface area contributed by atoms with Crippen molar-refractivity contribution in [1.82, 2.24) is 10.3 Å². The minimum absolute atomic E-state index is 0.0596. The van der Waals surface area contributed by atoms with Crippen LogP contribution in [0.3, 0.4) is 0 Å². The number of nitrogens with two attached hydrogens (primary N) is 1. The SMILES string of the molecule is CCC(CSC)NC(=O)c1cc2cc(N)ccc2[nH]1. The number of carbonyl (C=O) groups is 1. The summed E-state index contributed by atoms with van der Waals surface area (Å²) in [5.74, 6) is 0.866. The molecule has 1 amide bonds. The van der Waals surface area contributed by atoms with Gasteiger partial charge in [0.05, 0.1) is 0 Å². The van der Waals surface area contributed by atoms with Gasteiger partial charge in [0.25, 0.3) is 5.91 Å². The number of thioether (sulfide) groups is 1. The minimum atomic E-state index is -0.0596. The monoisotopic (exact) mass is 277 g/mol. The molecular formula is C14H19N3OS. The van der Waals surface area contributed by atoms with Gasteiger partial charge in [0, 0.05) is 28.4 Å². The molecule has 1 atom stereocenters. The third-order valence-electron chi connectivity index (χ3n) is 3.09. The summed E-state index contributed by atoms with van der Waals surface area (Å²) in [5, 5.41) is 4.00. The van der Waals surface area contributed by atoms with Gasteiger partial charge in [-0.25, -0.2) is 0 Å². The topological polar surface area (TPSA) is 70.9 Å². The third kappa shape index (κ3) is 3.23. The van der Waals surface area contributed by atoms with Crippen LogP contribution >= 0.6 is 11.8 Å². The van der Waals surface area contributed by atoms with E-state index in [1.807, 2.05) is 30.5 Å². The number of H-pyrrole nitrogens is 1. The molecular weight excluding hydrogens is 258 g/mol. The fourth-order valence-corrected chi connectivity index (χ4v) is 2.72. The molecule has 1 aromatic carbocycles. The highest BCUT2D eigenvalue weighted by Gasteiger charge is 2.13. The summed E-state index contributed by atoms with van der Waals surface area (Å²) in [7, 11) is 0. The number of aromatic amines is 1. The molecule has 1 aromatic heterocycles. The maximum atomic E-state index is 12.2. The van der Waals surface area contributed by atoms with Crippen LogP contribution in [-0.2, 0) is 0 Å². The summed E-state index contributed by atoms with van der Waals surface area (Å²) in [5.41, 5.74) is 7.95. The number of rotatable bonds is 5. The van der Waals surface area contributed by atoms with Crippen molar-refractivity contribution in [2.24, 2.45) is 0 Å². The molecule has 2 aromatic rings. The Hall–Kier alpha value is -1.62. The van der Waals surface area contributed by atoms with Gasteiger partial charge in [-0.15, -0.1) is 0 Å². The number of aromatic nitrogens is 1. The first-order chi connectivity index (χ1) is 9.13. The molecule has 5 heteroatoms. The molecule has 1 unspecified atom stereocenters. The van der Waals surface area contributed by atoms with E-state index in [0.29, 0.717) is 11.4 Å². The summed E-state index contributed by atoms with van der Waals surface area (Å²) in [4.78, 5) is 15.3. The molecule has 0 aliphatic carbocycles. The Morgan fingerprint density at radius 3 is 2.95 bits per heavy atom. The van der Waals surface area contributed by atoms with Crippen LogP contribution in [0.15, 0.2) is 24.3 Å². The van der Waals surface area contributed by atoms with E-state index in [4.69, 9.17) is 5.73 Å². The second kappa shape index (κ2) is 6.02. The first-order valence-corrected chi connectivity index (χ1v) is 7.71. The lowest BCUT2D eigenvalue weighted by molar-refractivity contribution is 0.0936. The number of benzene rings is 1. The van der Waals surface area contributed by atoms with E-state index in [0.717, 1.165) is 23.1 Å². The van der Waals surface area contributed by atoms with Crippen molar-refractivity contribution in [3.63, 3.8) is 0 Å².